The summed E-state index contributed by atoms with van der Waals surface area (Å²) < 4.78 is 10.1. The normalized spacial score (nSPS) is 12.6. The fourth-order valence-corrected chi connectivity index (χ4v) is 2.53. The van der Waals surface area contributed by atoms with Gasteiger partial charge in [0.1, 0.15) is 13.2 Å². The molecule has 0 radical (unpaired) electrons. The molecule has 0 aromatic heterocycles. The van der Waals surface area contributed by atoms with E-state index in [2.05, 4.69) is 39.0 Å². The van der Waals surface area contributed by atoms with Crippen molar-refractivity contribution in [2.75, 3.05) is 13.2 Å². The Kier molecular flexibility index (Phi) is 14.7. The summed E-state index contributed by atoms with van der Waals surface area (Å²) >= 11 is 0. The average Bonchev–Trinajstić information content (AvgIpc) is 2.58. The molecule has 0 unspecified atom stereocenters. The van der Waals surface area contributed by atoms with Crippen molar-refractivity contribution in [3.8, 4) is 0 Å². The van der Waals surface area contributed by atoms with Crippen LogP contribution in [0.4, 0.5) is 0 Å². The van der Waals surface area contributed by atoms with Gasteiger partial charge in [-0.25, -0.2) is 0 Å². The first-order chi connectivity index (χ1) is 13.2. The summed E-state index contributed by atoms with van der Waals surface area (Å²) in [4.78, 5) is 21.9. The number of rotatable bonds is 13. The van der Waals surface area contributed by atoms with Crippen molar-refractivity contribution < 1.29 is 19.1 Å². The summed E-state index contributed by atoms with van der Waals surface area (Å²) in [5.74, 6) is -0.520. The van der Waals surface area contributed by atoms with Gasteiger partial charge in [0.15, 0.2) is 0 Å². The molecular weight excluding hydrogens is 352 g/mol. The van der Waals surface area contributed by atoms with Gasteiger partial charge in [-0.05, 0) is 77.9 Å². The molecule has 0 rings (SSSR count). The first kappa shape index (κ1) is 25.9. The molecule has 0 atom stereocenters. The lowest BCUT2D eigenvalue weighted by atomic mass is 10.0. The lowest BCUT2D eigenvalue weighted by molar-refractivity contribution is -0.140. The maximum absolute atomic E-state index is 11.1. The van der Waals surface area contributed by atoms with Crippen molar-refractivity contribution in [1.29, 1.82) is 0 Å². The highest BCUT2D eigenvalue weighted by atomic mass is 16.5. The van der Waals surface area contributed by atoms with Crippen LogP contribution >= 0.6 is 0 Å². The Hall–Kier alpha value is -2.10. The minimum atomic E-state index is -0.267. The molecule has 0 amide bonds. The SMILES string of the molecule is CC(=O)OC/C=C(\C)CC/C=C(/CC/C=C(\C)CCC=C(C)C)COC(C)=O. The van der Waals surface area contributed by atoms with Gasteiger partial charge in [0.2, 0.25) is 0 Å². The molecule has 0 N–H and O–H groups in total. The molecule has 0 aliphatic rings. The third-order valence-electron chi connectivity index (χ3n) is 4.20. The average molecular weight is 391 g/mol. The standard InChI is InChI=1S/C24H38O4/c1-19(2)10-7-11-20(3)12-8-14-24(18-28-23(6)26)15-9-13-21(4)16-17-27-22(5)25/h10,12,15-16H,7-9,11,13-14,17-18H2,1-6H3/b20-12+,21-16+,24-15-. The van der Waals surface area contributed by atoms with Gasteiger partial charge in [0, 0.05) is 13.8 Å². The van der Waals surface area contributed by atoms with Gasteiger partial charge in [-0.2, -0.15) is 0 Å². The fraction of sp³-hybridized carbons (Fsp3) is 0.583. The van der Waals surface area contributed by atoms with Crippen LogP contribution in [-0.2, 0) is 19.1 Å². The van der Waals surface area contributed by atoms with Crippen LogP contribution in [0.5, 0.6) is 0 Å². The minimum Gasteiger partial charge on any atom is -0.462 e. The Bertz CT molecular complexity index is 602. The Labute approximate surface area is 171 Å². The second kappa shape index (κ2) is 15.9. The summed E-state index contributed by atoms with van der Waals surface area (Å²) in [6, 6.07) is 0. The third kappa shape index (κ3) is 17.3. The summed E-state index contributed by atoms with van der Waals surface area (Å²) in [5, 5.41) is 0. The smallest absolute Gasteiger partial charge is 0.302 e. The highest BCUT2D eigenvalue weighted by molar-refractivity contribution is 5.66. The Morgan fingerprint density at radius 2 is 1.18 bits per heavy atom. The fourth-order valence-electron chi connectivity index (χ4n) is 2.53. The van der Waals surface area contributed by atoms with E-state index >= 15 is 0 Å². The molecule has 0 saturated carbocycles. The number of esters is 2. The van der Waals surface area contributed by atoms with E-state index in [0.717, 1.165) is 44.1 Å². The van der Waals surface area contributed by atoms with Crippen LogP contribution in [0.25, 0.3) is 0 Å². The zero-order chi connectivity index (χ0) is 21.4. The molecule has 0 spiro atoms. The maximum atomic E-state index is 11.1. The van der Waals surface area contributed by atoms with Gasteiger partial charge in [0.25, 0.3) is 0 Å². The van der Waals surface area contributed by atoms with E-state index in [1.54, 1.807) is 0 Å². The summed E-state index contributed by atoms with van der Waals surface area (Å²) in [6.45, 7) is 12.0. The molecular formula is C24H38O4. The number of ether oxygens (including phenoxy) is 2. The van der Waals surface area contributed by atoms with Crippen molar-refractivity contribution in [2.45, 2.75) is 80.1 Å². The van der Waals surface area contributed by atoms with Gasteiger partial charge < -0.3 is 9.47 Å². The number of allylic oxidation sites excluding steroid dienone is 6. The van der Waals surface area contributed by atoms with E-state index < -0.39 is 0 Å². The van der Waals surface area contributed by atoms with Gasteiger partial charge >= 0.3 is 11.9 Å². The van der Waals surface area contributed by atoms with Crippen molar-refractivity contribution in [1.82, 2.24) is 0 Å². The van der Waals surface area contributed by atoms with E-state index in [4.69, 9.17) is 9.47 Å². The van der Waals surface area contributed by atoms with Gasteiger partial charge in [-0.3, -0.25) is 9.59 Å². The summed E-state index contributed by atoms with van der Waals surface area (Å²) in [5.41, 5.74) is 5.08. The van der Waals surface area contributed by atoms with Crippen LogP contribution in [0.2, 0.25) is 0 Å². The van der Waals surface area contributed by atoms with E-state index in [0.29, 0.717) is 13.2 Å². The second-order valence-electron chi connectivity index (χ2n) is 7.44. The Balaban J connectivity index is 4.55. The molecule has 158 valence electrons. The van der Waals surface area contributed by atoms with Crippen LogP contribution in [0.1, 0.15) is 80.1 Å². The van der Waals surface area contributed by atoms with Crippen molar-refractivity contribution >= 4 is 11.9 Å². The molecule has 0 heterocycles. The quantitative estimate of drug-likeness (QED) is 0.276. The predicted molar refractivity (Wildman–Crippen MR) is 116 cm³/mol. The zero-order valence-electron chi connectivity index (χ0n) is 18.6. The summed E-state index contributed by atoms with van der Waals surface area (Å²) in [7, 11) is 0. The number of hydrogen-bond donors (Lipinski definition) is 0. The molecule has 0 aliphatic heterocycles. The first-order valence-electron chi connectivity index (χ1n) is 10.1. The minimum absolute atomic E-state index is 0.253. The van der Waals surface area contributed by atoms with Gasteiger partial charge in [0.05, 0.1) is 0 Å². The lowest BCUT2D eigenvalue weighted by Gasteiger charge is -2.08. The highest BCUT2D eigenvalue weighted by Gasteiger charge is 2.01. The third-order valence-corrected chi connectivity index (χ3v) is 4.20. The monoisotopic (exact) mass is 390 g/mol. The van der Waals surface area contributed by atoms with Crippen molar-refractivity contribution in [2.24, 2.45) is 0 Å². The number of hydrogen-bond acceptors (Lipinski definition) is 4. The number of carbonyl (C=O) groups excluding carboxylic acids is 2. The molecule has 0 aliphatic carbocycles. The molecule has 0 bridgehead atoms. The molecule has 0 saturated heterocycles. The predicted octanol–water partition coefficient (Wildman–Crippen LogP) is 6.24. The Morgan fingerprint density at radius 3 is 1.75 bits per heavy atom. The molecule has 0 aromatic carbocycles. The van der Waals surface area contributed by atoms with Crippen LogP contribution in [0.15, 0.2) is 46.6 Å². The summed E-state index contributed by atoms with van der Waals surface area (Å²) in [6.07, 6.45) is 14.4. The zero-order valence-corrected chi connectivity index (χ0v) is 18.6. The van der Waals surface area contributed by atoms with E-state index in [1.807, 2.05) is 13.0 Å². The lowest BCUT2D eigenvalue weighted by Crippen LogP contribution is -2.03. The maximum Gasteiger partial charge on any atom is 0.302 e. The highest BCUT2D eigenvalue weighted by Crippen LogP contribution is 2.14. The van der Waals surface area contributed by atoms with Gasteiger partial charge in [-0.15, -0.1) is 0 Å². The molecule has 0 aromatic rings. The van der Waals surface area contributed by atoms with Crippen molar-refractivity contribution in [3.63, 3.8) is 0 Å². The van der Waals surface area contributed by atoms with E-state index in [-0.39, 0.29) is 11.9 Å². The second-order valence-corrected chi connectivity index (χ2v) is 7.44. The van der Waals surface area contributed by atoms with Crippen LogP contribution < -0.4 is 0 Å². The number of carbonyl (C=O) groups is 2. The molecule has 4 nitrogen and oxygen atoms in total. The van der Waals surface area contributed by atoms with E-state index in [1.165, 1.54) is 30.6 Å². The molecule has 0 fully saturated rings. The topological polar surface area (TPSA) is 52.6 Å². The van der Waals surface area contributed by atoms with Crippen LogP contribution in [-0.4, -0.2) is 25.2 Å². The first-order valence-corrected chi connectivity index (χ1v) is 10.1. The van der Waals surface area contributed by atoms with Crippen LogP contribution in [0, 0.1) is 0 Å². The van der Waals surface area contributed by atoms with Gasteiger partial charge in [-0.1, -0.05) is 34.9 Å². The molecule has 28 heavy (non-hydrogen) atoms. The van der Waals surface area contributed by atoms with E-state index in [9.17, 15) is 9.59 Å². The van der Waals surface area contributed by atoms with Crippen molar-refractivity contribution in [3.05, 3.63) is 46.6 Å². The van der Waals surface area contributed by atoms with Crippen LogP contribution in [0.3, 0.4) is 0 Å². The Morgan fingerprint density at radius 1 is 0.643 bits per heavy atom. The molecule has 4 heteroatoms. The largest absolute Gasteiger partial charge is 0.462 e.